The number of carbonyl (C=O) groups is 2. The number of amides is 2. The van der Waals surface area contributed by atoms with Crippen molar-refractivity contribution in [2.45, 2.75) is 6.54 Å². The van der Waals surface area contributed by atoms with Gasteiger partial charge in [0.25, 0.3) is 11.8 Å². The second-order valence-electron chi connectivity index (χ2n) is 6.15. The third kappa shape index (κ3) is 3.15. The number of imide groups is 1. The van der Waals surface area contributed by atoms with Gasteiger partial charge < -0.3 is 4.90 Å². The van der Waals surface area contributed by atoms with Gasteiger partial charge in [-0.15, -0.1) is 11.3 Å². The van der Waals surface area contributed by atoms with Crippen molar-refractivity contribution in [2.24, 2.45) is 0 Å². The molecule has 0 unspecified atom stereocenters. The molecule has 5 nitrogen and oxygen atoms in total. The van der Waals surface area contributed by atoms with Crippen molar-refractivity contribution in [1.29, 1.82) is 0 Å². The number of para-hydroxylation sites is 1. The Balaban J connectivity index is 1.77. The second-order valence-corrected chi connectivity index (χ2v) is 7.10. The molecule has 0 spiro atoms. The summed E-state index contributed by atoms with van der Waals surface area (Å²) in [6.45, 7) is 0.201. The summed E-state index contributed by atoms with van der Waals surface area (Å²) in [5.41, 5.74) is 2.52. The van der Waals surface area contributed by atoms with Crippen molar-refractivity contribution in [2.75, 3.05) is 11.9 Å². The van der Waals surface area contributed by atoms with Crippen molar-refractivity contribution in [3.05, 3.63) is 88.5 Å². The number of hydrogen-bond acceptors (Lipinski definition) is 5. The van der Waals surface area contributed by atoms with Gasteiger partial charge in [-0.05, 0) is 35.2 Å². The fourth-order valence-corrected chi connectivity index (χ4v) is 3.88. The molecule has 0 atom stereocenters. The van der Waals surface area contributed by atoms with Gasteiger partial charge in [0.2, 0.25) is 0 Å². The van der Waals surface area contributed by atoms with E-state index in [4.69, 9.17) is 0 Å². The van der Waals surface area contributed by atoms with Crippen LogP contribution in [0.15, 0.2) is 78.1 Å². The number of thiophene rings is 1. The quantitative estimate of drug-likeness (QED) is 0.640. The van der Waals surface area contributed by atoms with Gasteiger partial charge in [-0.3, -0.25) is 19.5 Å². The van der Waals surface area contributed by atoms with Crippen LogP contribution in [-0.2, 0) is 16.1 Å². The first kappa shape index (κ1) is 17.2. The molecule has 1 aromatic carbocycles. The van der Waals surface area contributed by atoms with Gasteiger partial charge in [0.05, 0.1) is 12.1 Å². The Hall–Kier alpha value is -3.25. The number of likely N-dealkylation sites (N-methyl/N-ethyl adjacent to an activating group) is 1. The highest BCUT2D eigenvalue weighted by molar-refractivity contribution is 7.11. The molecule has 0 saturated heterocycles. The van der Waals surface area contributed by atoms with Gasteiger partial charge in [-0.1, -0.05) is 30.3 Å². The number of benzene rings is 1. The summed E-state index contributed by atoms with van der Waals surface area (Å²) >= 11 is 1.45. The Morgan fingerprint density at radius 1 is 1.00 bits per heavy atom. The van der Waals surface area contributed by atoms with Crippen LogP contribution in [-0.4, -0.2) is 28.7 Å². The van der Waals surface area contributed by atoms with E-state index in [-0.39, 0.29) is 18.4 Å². The minimum Gasteiger partial charge on any atom is -0.339 e. The zero-order valence-electron chi connectivity index (χ0n) is 14.7. The number of rotatable bonds is 5. The standard InChI is InChI=1S/C21H17N3O2S/c1-23(16-8-3-2-4-9-16)19-18(17-10-6-12-27-17)20(25)24(21(19)26)14-15-7-5-11-22-13-15/h2-13H,14H2,1H3. The van der Waals surface area contributed by atoms with Crippen LogP contribution < -0.4 is 4.90 Å². The first-order chi connectivity index (χ1) is 13.2. The Bertz CT molecular complexity index is 998. The molecule has 2 aromatic heterocycles. The predicted octanol–water partition coefficient (Wildman–Crippen LogP) is 3.56. The van der Waals surface area contributed by atoms with Crippen LogP contribution in [0.4, 0.5) is 5.69 Å². The number of hydrogen-bond donors (Lipinski definition) is 0. The van der Waals surface area contributed by atoms with Crippen molar-refractivity contribution in [1.82, 2.24) is 9.88 Å². The SMILES string of the molecule is CN(C1=C(c2cccs2)C(=O)N(Cc2cccnc2)C1=O)c1ccccc1. The average Bonchev–Trinajstić information content (AvgIpc) is 3.31. The number of nitrogens with zero attached hydrogens (tertiary/aromatic N) is 3. The van der Waals surface area contributed by atoms with E-state index in [1.165, 1.54) is 16.2 Å². The van der Waals surface area contributed by atoms with E-state index in [0.717, 1.165) is 16.1 Å². The van der Waals surface area contributed by atoms with Crippen LogP contribution in [0.25, 0.3) is 5.57 Å². The highest BCUT2D eigenvalue weighted by atomic mass is 32.1. The van der Waals surface area contributed by atoms with E-state index in [1.54, 1.807) is 23.4 Å². The molecule has 6 heteroatoms. The molecule has 1 aliphatic heterocycles. The molecular weight excluding hydrogens is 358 g/mol. The van der Waals surface area contributed by atoms with Gasteiger partial charge in [-0.25, -0.2) is 0 Å². The molecular formula is C21H17N3O2S. The summed E-state index contributed by atoms with van der Waals surface area (Å²) in [6, 6.07) is 17.0. The van der Waals surface area contributed by atoms with E-state index >= 15 is 0 Å². The van der Waals surface area contributed by atoms with E-state index in [1.807, 2.05) is 61.0 Å². The number of carbonyl (C=O) groups excluding carboxylic acids is 2. The summed E-state index contributed by atoms with van der Waals surface area (Å²) in [4.78, 5) is 34.4. The summed E-state index contributed by atoms with van der Waals surface area (Å²) in [7, 11) is 1.82. The first-order valence-electron chi connectivity index (χ1n) is 8.49. The molecule has 1 aliphatic rings. The molecule has 3 aromatic rings. The lowest BCUT2D eigenvalue weighted by atomic mass is 10.1. The van der Waals surface area contributed by atoms with Gasteiger partial charge in [0.1, 0.15) is 5.70 Å². The maximum atomic E-state index is 13.2. The summed E-state index contributed by atoms with van der Waals surface area (Å²) in [5, 5.41) is 1.91. The van der Waals surface area contributed by atoms with Crippen LogP contribution in [0, 0.1) is 0 Å². The van der Waals surface area contributed by atoms with E-state index in [2.05, 4.69) is 4.98 Å². The van der Waals surface area contributed by atoms with Crippen LogP contribution >= 0.6 is 11.3 Å². The fraction of sp³-hybridized carbons (Fsp3) is 0.0952. The normalized spacial score (nSPS) is 14.2. The van der Waals surface area contributed by atoms with Gasteiger partial charge in [0.15, 0.2) is 0 Å². The number of aromatic nitrogens is 1. The van der Waals surface area contributed by atoms with Crippen LogP contribution in [0.5, 0.6) is 0 Å². The lowest BCUT2D eigenvalue weighted by Gasteiger charge is -2.21. The molecule has 3 heterocycles. The smallest absolute Gasteiger partial charge is 0.278 e. The third-order valence-electron chi connectivity index (χ3n) is 4.45. The maximum absolute atomic E-state index is 13.2. The minimum absolute atomic E-state index is 0.201. The minimum atomic E-state index is -0.293. The molecule has 0 N–H and O–H groups in total. The van der Waals surface area contributed by atoms with E-state index < -0.39 is 0 Å². The molecule has 0 fully saturated rings. The highest BCUT2D eigenvalue weighted by Crippen LogP contribution is 2.35. The van der Waals surface area contributed by atoms with Crippen molar-refractivity contribution < 1.29 is 9.59 Å². The number of pyridine rings is 1. The van der Waals surface area contributed by atoms with Crippen LogP contribution in [0.1, 0.15) is 10.4 Å². The van der Waals surface area contributed by atoms with E-state index in [0.29, 0.717) is 11.3 Å². The second kappa shape index (κ2) is 7.17. The zero-order valence-corrected chi connectivity index (χ0v) is 15.5. The zero-order chi connectivity index (χ0) is 18.8. The molecule has 2 amide bonds. The lowest BCUT2D eigenvalue weighted by molar-refractivity contribution is -0.137. The monoisotopic (exact) mass is 375 g/mol. The molecule has 4 rings (SSSR count). The summed E-state index contributed by atoms with van der Waals surface area (Å²) in [6.07, 6.45) is 3.34. The molecule has 0 bridgehead atoms. The Morgan fingerprint density at radius 3 is 2.48 bits per heavy atom. The molecule has 0 aliphatic carbocycles. The average molecular weight is 375 g/mol. The van der Waals surface area contributed by atoms with Crippen molar-refractivity contribution in [3.8, 4) is 0 Å². The molecule has 0 saturated carbocycles. The molecule has 0 radical (unpaired) electrons. The highest BCUT2D eigenvalue weighted by Gasteiger charge is 2.41. The van der Waals surface area contributed by atoms with Gasteiger partial charge >= 0.3 is 0 Å². The van der Waals surface area contributed by atoms with Crippen LogP contribution in [0.3, 0.4) is 0 Å². The lowest BCUT2D eigenvalue weighted by Crippen LogP contribution is -2.33. The van der Waals surface area contributed by atoms with Crippen molar-refractivity contribution >= 4 is 34.4 Å². The molecule has 27 heavy (non-hydrogen) atoms. The van der Waals surface area contributed by atoms with Gasteiger partial charge in [-0.2, -0.15) is 0 Å². The number of anilines is 1. The summed E-state index contributed by atoms with van der Waals surface area (Å²) in [5.74, 6) is -0.567. The predicted molar refractivity (Wildman–Crippen MR) is 106 cm³/mol. The Kier molecular flexibility index (Phi) is 4.56. The van der Waals surface area contributed by atoms with Crippen molar-refractivity contribution in [3.63, 3.8) is 0 Å². The summed E-state index contributed by atoms with van der Waals surface area (Å²) < 4.78 is 0. The largest absolute Gasteiger partial charge is 0.339 e. The van der Waals surface area contributed by atoms with Crippen LogP contribution in [0.2, 0.25) is 0 Å². The fourth-order valence-electron chi connectivity index (χ4n) is 3.12. The Labute approximate surface area is 161 Å². The van der Waals surface area contributed by atoms with E-state index in [9.17, 15) is 9.59 Å². The molecule has 134 valence electrons. The maximum Gasteiger partial charge on any atom is 0.278 e. The Morgan fingerprint density at radius 2 is 1.81 bits per heavy atom. The third-order valence-corrected chi connectivity index (χ3v) is 5.34. The van der Waals surface area contributed by atoms with Gasteiger partial charge in [0, 0.05) is 30.0 Å². The first-order valence-corrected chi connectivity index (χ1v) is 9.37. The topological polar surface area (TPSA) is 53.5 Å².